The van der Waals surface area contributed by atoms with Crippen molar-refractivity contribution in [2.45, 2.75) is 71.1 Å². The summed E-state index contributed by atoms with van der Waals surface area (Å²) in [4.78, 5) is 35.8. The van der Waals surface area contributed by atoms with Gasteiger partial charge in [-0.05, 0) is 38.3 Å². The Balaban J connectivity index is 2.60. The van der Waals surface area contributed by atoms with Gasteiger partial charge in [0.25, 0.3) is 0 Å². The molecule has 6 heteroatoms. The van der Waals surface area contributed by atoms with Gasteiger partial charge in [-0.1, -0.05) is 55.7 Å². The number of carbonyl (C=O) groups excluding carboxylic acids is 3. The molecule has 0 N–H and O–H groups in total. The minimum Gasteiger partial charge on any atom is -0.469 e. The molecule has 0 aliphatic heterocycles. The third kappa shape index (κ3) is 10.2. The predicted octanol–water partition coefficient (Wildman–Crippen LogP) is 4.54. The van der Waals surface area contributed by atoms with Crippen molar-refractivity contribution in [2.75, 3.05) is 20.3 Å². The summed E-state index contributed by atoms with van der Waals surface area (Å²) in [5.74, 6) is 3.72. The fourth-order valence-corrected chi connectivity index (χ4v) is 3.11. The van der Waals surface area contributed by atoms with Crippen LogP contribution in [0.15, 0.2) is 24.3 Å². The minimum absolute atomic E-state index is 0.149. The zero-order valence-corrected chi connectivity index (χ0v) is 18.9. The van der Waals surface area contributed by atoms with Crippen LogP contribution in [-0.2, 0) is 28.6 Å². The van der Waals surface area contributed by atoms with Crippen molar-refractivity contribution < 1.29 is 28.6 Å². The second-order valence-corrected chi connectivity index (χ2v) is 7.02. The molecule has 170 valence electrons. The van der Waals surface area contributed by atoms with Crippen LogP contribution >= 0.6 is 0 Å². The number of rotatable bonds is 13. The number of esters is 3. The van der Waals surface area contributed by atoms with E-state index < -0.39 is 17.9 Å². The zero-order chi connectivity index (χ0) is 22.9. The molecule has 1 aromatic rings. The van der Waals surface area contributed by atoms with Gasteiger partial charge in [0.2, 0.25) is 0 Å². The van der Waals surface area contributed by atoms with E-state index in [1.165, 1.54) is 7.11 Å². The third-order valence-corrected chi connectivity index (χ3v) is 4.70. The summed E-state index contributed by atoms with van der Waals surface area (Å²) in [5.41, 5.74) is 1.15. The van der Waals surface area contributed by atoms with Crippen molar-refractivity contribution >= 4 is 17.9 Å². The van der Waals surface area contributed by atoms with Crippen molar-refractivity contribution in [2.24, 2.45) is 0 Å². The maximum Gasteiger partial charge on any atom is 0.324 e. The third-order valence-electron chi connectivity index (χ3n) is 4.70. The van der Waals surface area contributed by atoms with Crippen molar-refractivity contribution in [1.82, 2.24) is 0 Å². The molecular weight excluding hydrogens is 396 g/mol. The molecule has 1 rings (SSSR count). The molecule has 0 saturated carbocycles. The number of hydrogen-bond donors (Lipinski definition) is 0. The summed E-state index contributed by atoms with van der Waals surface area (Å²) in [7, 11) is 1.41. The second-order valence-electron chi connectivity index (χ2n) is 7.02. The van der Waals surface area contributed by atoms with Gasteiger partial charge < -0.3 is 14.2 Å². The van der Waals surface area contributed by atoms with Gasteiger partial charge >= 0.3 is 17.9 Å². The van der Waals surface area contributed by atoms with Crippen LogP contribution in [0.4, 0.5) is 0 Å². The Bertz CT molecular complexity index is 741. The molecule has 6 nitrogen and oxygen atoms in total. The van der Waals surface area contributed by atoms with Crippen molar-refractivity contribution in [1.29, 1.82) is 0 Å². The van der Waals surface area contributed by atoms with E-state index in [4.69, 9.17) is 9.47 Å². The normalized spacial score (nSPS) is 10.2. The predicted molar refractivity (Wildman–Crippen MR) is 118 cm³/mol. The van der Waals surface area contributed by atoms with Crippen molar-refractivity contribution in [3.05, 3.63) is 35.4 Å². The largest absolute Gasteiger partial charge is 0.469 e. The van der Waals surface area contributed by atoms with Crippen LogP contribution in [-0.4, -0.2) is 38.2 Å². The lowest BCUT2D eigenvalue weighted by molar-refractivity contribution is -0.157. The average molecular weight is 431 g/mol. The lowest BCUT2D eigenvalue weighted by Crippen LogP contribution is -2.26. The summed E-state index contributed by atoms with van der Waals surface area (Å²) >= 11 is 0. The molecule has 0 atom stereocenters. The van der Waals surface area contributed by atoms with Gasteiger partial charge in [-0.25, -0.2) is 0 Å². The molecule has 0 saturated heterocycles. The van der Waals surface area contributed by atoms with Crippen LogP contribution in [0.2, 0.25) is 0 Å². The summed E-state index contributed by atoms with van der Waals surface area (Å²) in [6.45, 7) is 3.77. The van der Waals surface area contributed by atoms with E-state index in [0.717, 1.165) is 44.9 Å². The van der Waals surface area contributed by atoms with Gasteiger partial charge in [0, 0.05) is 18.4 Å². The summed E-state index contributed by atoms with van der Waals surface area (Å²) in [5, 5.41) is 0. The van der Waals surface area contributed by atoms with Crippen molar-refractivity contribution in [3.63, 3.8) is 0 Å². The monoisotopic (exact) mass is 430 g/mol. The van der Waals surface area contributed by atoms with E-state index >= 15 is 0 Å². The number of hydrogen-bond acceptors (Lipinski definition) is 6. The van der Waals surface area contributed by atoms with Gasteiger partial charge in [-0.2, -0.15) is 0 Å². The van der Waals surface area contributed by atoms with Gasteiger partial charge in [0.1, 0.15) is 0 Å². The smallest absolute Gasteiger partial charge is 0.324 e. The van der Waals surface area contributed by atoms with Gasteiger partial charge in [0.15, 0.2) is 5.92 Å². The molecule has 31 heavy (non-hydrogen) atoms. The second kappa shape index (κ2) is 16.0. The molecule has 0 unspecified atom stereocenters. The molecular formula is C25H34O6. The minimum atomic E-state index is -1.13. The van der Waals surface area contributed by atoms with Crippen LogP contribution in [0, 0.1) is 11.8 Å². The van der Waals surface area contributed by atoms with Crippen LogP contribution in [0.3, 0.4) is 0 Å². The van der Waals surface area contributed by atoms with Crippen molar-refractivity contribution in [3.8, 4) is 11.8 Å². The van der Waals surface area contributed by atoms with Crippen LogP contribution in [0.1, 0.15) is 82.3 Å². The first-order valence-electron chi connectivity index (χ1n) is 11.0. The van der Waals surface area contributed by atoms with E-state index in [2.05, 4.69) is 16.6 Å². The van der Waals surface area contributed by atoms with E-state index in [1.54, 1.807) is 32.0 Å². The Kier molecular flexibility index (Phi) is 13.5. The van der Waals surface area contributed by atoms with E-state index in [0.29, 0.717) is 17.5 Å². The summed E-state index contributed by atoms with van der Waals surface area (Å²) in [6.07, 6.45) is 7.36. The number of ether oxygens (including phenoxy) is 3. The highest BCUT2D eigenvalue weighted by atomic mass is 16.6. The van der Waals surface area contributed by atoms with E-state index in [9.17, 15) is 14.4 Å². The molecule has 0 bridgehead atoms. The Morgan fingerprint density at radius 2 is 1.45 bits per heavy atom. The van der Waals surface area contributed by atoms with Crippen LogP contribution in [0.25, 0.3) is 0 Å². The quantitative estimate of drug-likeness (QED) is 0.150. The molecule has 1 aromatic carbocycles. The van der Waals surface area contributed by atoms with Gasteiger partial charge in [-0.15, -0.1) is 0 Å². The first-order chi connectivity index (χ1) is 15.0. The Labute approximate surface area is 185 Å². The number of unbranched alkanes of at least 4 members (excludes halogenated alkanes) is 6. The maximum absolute atomic E-state index is 12.4. The molecule has 0 radical (unpaired) electrons. The molecule has 0 heterocycles. The Morgan fingerprint density at radius 1 is 0.871 bits per heavy atom. The van der Waals surface area contributed by atoms with Gasteiger partial charge in [0.05, 0.1) is 20.3 Å². The van der Waals surface area contributed by atoms with E-state index in [1.807, 2.05) is 6.07 Å². The molecule has 0 amide bonds. The highest BCUT2D eigenvalue weighted by Gasteiger charge is 2.32. The molecule has 0 aromatic heterocycles. The molecule has 0 spiro atoms. The van der Waals surface area contributed by atoms with Crippen LogP contribution in [0.5, 0.6) is 0 Å². The standard InChI is InChI=1S/C25H34O6/c1-4-30-24(27)23(25(28)31-5-2)21-18-15-14-17-20(21)16-12-10-8-6-7-9-11-13-19-22(26)29-3/h14-15,17-18,23H,4-11,13,19H2,1-3H3. The zero-order valence-electron chi connectivity index (χ0n) is 18.9. The summed E-state index contributed by atoms with van der Waals surface area (Å²) in [6, 6.07) is 7.12. The average Bonchev–Trinajstić information content (AvgIpc) is 2.76. The highest BCUT2D eigenvalue weighted by Crippen LogP contribution is 2.23. The first kappa shape index (κ1) is 26.2. The topological polar surface area (TPSA) is 78.9 Å². The fraction of sp³-hybridized carbons (Fsp3) is 0.560. The SMILES string of the molecule is CCOC(=O)C(C(=O)OCC)c1ccccc1C#CCCCCCCCCC(=O)OC. The molecule has 0 aliphatic carbocycles. The maximum atomic E-state index is 12.4. The van der Waals surface area contributed by atoms with Gasteiger partial charge in [-0.3, -0.25) is 14.4 Å². The molecule has 0 fully saturated rings. The Morgan fingerprint density at radius 3 is 2.06 bits per heavy atom. The van der Waals surface area contributed by atoms with Crippen LogP contribution < -0.4 is 0 Å². The number of benzene rings is 1. The fourth-order valence-electron chi connectivity index (χ4n) is 3.11. The lowest BCUT2D eigenvalue weighted by Gasteiger charge is -2.16. The van der Waals surface area contributed by atoms with E-state index in [-0.39, 0.29) is 19.2 Å². The summed E-state index contributed by atoms with van der Waals surface area (Å²) < 4.78 is 14.8. The number of carbonyl (C=O) groups is 3. The number of methoxy groups -OCH3 is 1. The highest BCUT2D eigenvalue weighted by molar-refractivity contribution is 6.01. The lowest BCUT2D eigenvalue weighted by atomic mass is 9.94. The first-order valence-corrected chi connectivity index (χ1v) is 11.0. The molecule has 0 aliphatic rings. The Hall–Kier alpha value is -2.81.